The van der Waals surface area contributed by atoms with Crippen LogP contribution < -0.4 is 5.73 Å². The molecule has 2 atom stereocenters. The van der Waals surface area contributed by atoms with E-state index in [0.717, 1.165) is 11.8 Å². The van der Waals surface area contributed by atoms with Crippen molar-refractivity contribution in [2.45, 2.75) is 17.4 Å². The minimum absolute atomic E-state index is 0.0271. The van der Waals surface area contributed by atoms with Crippen LogP contribution in [0, 0.1) is 5.82 Å². The number of fused-ring (bicyclic) bond motifs is 1. The lowest BCUT2D eigenvalue weighted by atomic mass is 9.83. The molecule has 9 heteroatoms. The van der Waals surface area contributed by atoms with Gasteiger partial charge in [-0.25, -0.2) is 12.8 Å². The van der Waals surface area contributed by atoms with Gasteiger partial charge in [0.1, 0.15) is 12.0 Å². The highest BCUT2D eigenvalue weighted by Gasteiger charge is 2.46. The van der Waals surface area contributed by atoms with Gasteiger partial charge in [-0.3, -0.25) is 0 Å². The van der Waals surface area contributed by atoms with E-state index in [1.54, 1.807) is 43.6 Å². The number of nitrogens with two attached hydrogens (primary N) is 1. The summed E-state index contributed by atoms with van der Waals surface area (Å²) in [5.41, 5.74) is 8.86. The molecule has 0 spiro atoms. The molecular formula is C25H26FN2O4S2+. The molecule has 0 saturated heterocycles. The molecule has 2 aromatic carbocycles. The number of sulfone groups is 1. The Morgan fingerprint density at radius 3 is 2.44 bits per heavy atom. The maximum atomic E-state index is 15.3. The van der Waals surface area contributed by atoms with Crippen molar-refractivity contribution in [1.29, 1.82) is 0 Å². The molecule has 4 rings (SSSR count). The van der Waals surface area contributed by atoms with E-state index in [4.69, 9.17) is 5.73 Å². The van der Waals surface area contributed by atoms with E-state index in [1.807, 2.05) is 12.2 Å². The van der Waals surface area contributed by atoms with Gasteiger partial charge in [0.15, 0.2) is 15.9 Å². The quantitative estimate of drug-likeness (QED) is 0.499. The SMILES string of the molecule is C[N+]1(S(C)(=O)=O)C=CC=C2C=CC=C(c3cccc(F)c3Cc3cc(N)ccc3S(C)(=O)=O)C21. The Bertz CT molecular complexity index is 1520. The van der Waals surface area contributed by atoms with Crippen molar-refractivity contribution in [2.24, 2.45) is 0 Å². The largest absolute Gasteiger partial charge is 0.399 e. The first-order valence-corrected chi connectivity index (χ1v) is 14.3. The molecule has 0 amide bonds. The average molecular weight is 502 g/mol. The highest BCUT2D eigenvalue weighted by atomic mass is 32.2. The van der Waals surface area contributed by atoms with Gasteiger partial charge in [-0.05, 0) is 53.1 Å². The molecule has 0 radical (unpaired) electrons. The molecule has 0 bridgehead atoms. The summed E-state index contributed by atoms with van der Waals surface area (Å²) >= 11 is 0. The Morgan fingerprint density at radius 1 is 1.03 bits per heavy atom. The van der Waals surface area contributed by atoms with Gasteiger partial charge in [-0.15, -0.1) is 0 Å². The van der Waals surface area contributed by atoms with E-state index in [-0.39, 0.29) is 16.9 Å². The zero-order chi connectivity index (χ0) is 24.9. The molecule has 178 valence electrons. The van der Waals surface area contributed by atoms with Crippen molar-refractivity contribution in [2.75, 3.05) is 25.3 Å². The van der Waals surface area contributed by atoms with Gasteiger partial charge in [-0.2, -0.15) is 12.3 Å². The van der Waals surface area contributed by atoms with Crippen LogP contribution in [0.5, 0.6) is 0 Å². The lowest BCUT2D eigenvalue weighted by Crippen LogP contribution is -2.54. The summed E-state index contributed by atoms with van der Waals surface area (Å²) in [4.78, 5) is 0.0753. The number of nitrogen functional groups attached to an aromatic ring is 1. The van der Waals surface area contributed by atoms with E-state index in [2.05, 4.69) is 0 Å². The standard InChI is InChI=1S/C25H26FN2O4S2/c1-28(34(3,31)32)14-6-8-17-7-4-10-21(25(17)28)20-9-5-11-23(26)22(20)16-18-15-19(27)12-13-24(18)33(2,29)30/h4-15,25H,16,27H2,1-3H3/q+1. The smallest absolute Gasteiger partial charge is 0.299 e. The summed E-state index contributed by atoms with van der Waals surface area (Å²) in [5.74, 6) is -0.514. The van der Waals surface area contributed by atoms with E-state index in [1.165, 1.54) is 30.5 Å². The second-order valence-electron chi connectivity index (χ2n) is 8.77. The van der Waals surface area contributed by atoms with Gasteiger partial charge in [0.25, 0.3) is 10.0 Å². The summed E-state index contributed by atoms with van der Waals surface area (Å²) in [6.07, 6.45) is 12.8. The summed E-state index contributed by atoms with van der Waals surface area (Å²) in [7, 11) is -5.58. The third-order valence-electron chi connectivity index (χ3n) is 6.35. The fourth-order valence-corrected chi connectivity index (χ4v) is 6.42. The first-order valence-electron chi connectivity index (χ1n) is 10.5. The Hall–Kier alpha value is -3.01. The molecule has 2 unspecified atom stereocenters. The van der Waals surface area contributed by atoms with Crippen molar-refractivity contribution in [3.05, 3.63) is 101 Å². The maximum absolute atomic E-state index is 15.3. The monoisotopic (exact) mass is 501 g/mol. The Kier molecular flexibility index (Phi) is 5.91. The van der Waals surface area contributed by atoms with E-state index in [9.17, 15) is 16.8 Å². The Labute approximate surface area is 199 Å². The lowest BCUT2D eigenvalue weighted by Gasteiger charge is -2.40. The van der Waals surface area contributed by atoms with Crippen molar-refractivity contribution < 1.29 is 25.1 Å². The van der Waals surface area contributed by atoms with Gasteiger partial charge >= 0.3 is 0 Å². The predicted octanol–water partition coefficient (Wildman–Crippen LogP) is 3.58. The summed E-state index contributed by atoms with van der Waals surface area (Å²) in [6.45, 7) is 0. The van der Waals surface area contributed by atoms with Crippen LogP contribution in [0.3, 0.4) is 0 Å². The van der Waals surface area contributed by atoms with Crippen LogP contribution in [0.15, 0.2) is 83.4 Å². The van der Waals surface area contributed by atoms with Crippen molar-refractivity contribution >= 4 is 31.1 Å². The topological polar surface area (TPSA) is 94.3 Å². The van der Waals surface area contributed by atoms with Crippen LogP contribution in [0.4, 0.5) is 10.1 Å². The molecule has 0 aromatic heterocycles. The highest BCUT2D eigenvalue weighted by Crippen LogP contribution is 2.41. The van der Waals surface area contributed by atoms with Crippen LogP contribution in [0.2, 0.25) is 0 Å². The van der Waals surface area contributed by atoms with Crippen LogP contribution in [0.25, 0.3) is 5.57 Å². The van der Waals surface area contributed by atoms with Gasteiger partial charge in [0.05, 0.1) is 18.2 Å². The minimum atomic E-state index is -3.60. The van der Waals surface area contributed by atoms with Crippen LogP contribution in [-0.2, 0) is 26.3 Å². The summed E-state index contributed by atoms with van der Waals surface area (Å²) in [5, 5.41) is 0. The second kappa shape index (κ2) is 8.33. The zero-order valence-corrected chi connectivity index (χ0v) is 20.7. The van der Waals surface area contributed by atoms with Gasteiger partial charge in [0, 0.05) is 29.5 Å². The number of allylic oxidation sites excluding steroid dienone is 4. The lowest BCUT2D eigenvalue weighted by molar-refractivity contribution is -0.741. The number of nitrogens with zero attached hydrogens (tertiary/aromatic N) is 1. The first-order chi connectivity index (χ1) is 15.8. The van der Waals surface area contributed by atoms with Crippen molar-refractivity contribution in [3.8, 4) is 0 Å². The third kappa shape index (κ3) is 4.15. The number of hydrogen-bond acceptors (Lipinski definition) is 5. The fraction of sp³-hybridized carbons (Fsp3) is 0.200. The predicted molar refractivity (Wildman–Crippen MR) is 132 cm³/mol. The fourth-order valence-electron chi connectivity index (χ4n) is 4.59. The van der Waals surface area contributed by atoms with Crippen molar-refractivity contribution in [3.63, 3.8) is 0 Å². The minimum Gasteiger partial charge on any atom is -0.399 e. The van der Waals surface area contributed by atoms with Crippen LogP contribution in [0.1, 0.15) is 16.7 Å². The number of anilines is 1. The molecule has 1 aliphatic heterocycles. The van der Waals surface area contributed by atoms with Crippen LogP contribution in [-0.4, -0.2) is 46.3 Å². The highest BCUT2D eigenvalue weighted by molar-refractivity contribution is 7.90. The number of hydrogen-bond donors (Lipinski definition) is 1. The number of sulfonamides is 1. The molecule has 1 aliphatic carbocycles. The number of quaternary nitrogens is 1. The molecule has 1 heterocycles. The first kappa shape index (κ1) is 24.1. The molecule has 2 N–H and O–H groups in total. The summed E-state index contributed by atoms with van der Waals surface area (Å²) in [6, 6.07) is 8.46. The third-order valence-corrected chi connectivity index (χ3v) is 9.31. The van der Waals surface area contributed by atoms with E-state index in [0.29, 0.717) is 22.4 Å². The van der Waals surface area contributed by atoms with Gasteiger partial charge in [0.2, 0.25) is 0 Å². The number of likely N-dealkylation sites (N-methyl/N-ethyl adjacent to an activating group) is 1. The molecule has 6 nitrogen and oxygen atoms in total. The Balaban J connectivity index is 1.91. The number of benzene rings is 2. The molecule has 34 heavy (non-hydrogen) atoms. The molecule has 2 aliphatic rings. The molecule has 0 saturated carbocycles. The molecule has 0 fully saturated rings. The van der Waals surface area contributed by atoms with E-state index >= 15 is 4.39 Å². The zero-order valence-electron chi connectivity index (χ0n) is 19.1. The molecule has 2 aromatic rings. The van der Waals surface area contributed by atoms with Crippen LogP contribution >= 0.6 is 0 Å². The number of rotatable bonds is 5. The molecular weight excluding hydrogens is 475 g/mol. The van der Waals surface area contributed by atoms with E-state index < -0.39 is 35.6 Å². The summed E-state index contributed by atoms with van der Waals surface area (Å²) < 4.78 is 65.4. The maximum Gasteiger partial charge on any atom is 0.299 e. The number of halogens is 1. The van der Waals surface area contributed by atoms with Gasteiger partial charge < -0.3 is 5.73 Å². The normalized spacial score (nSPS) is 22.2. The second-order valence-corrected chi connectivity index (χ2v) is 13.0. The van der Waals surface area contributed by atoms with Crippen molar-refractivity contribution in [1.82, 2.24) is 0 Å². The average Bonchev–Trinajstić information content (AvgIpc) is 2.73. The van der Waals surface area contributed by atoms with Gasteiger partial charge in [-0.1, -0.05) is 30.4 Å². The Morgan fingerprint density at radius 2 is 1.76 bits per heavy atom.